The Kier molecular flexibility index (Phi) is 2.26. The average molecular weight is 198 g/mol. The molecule has 0 N–H and O–H groups in total. The van der Waals surface area contributed by atoms with Gasteiger partial charge >= 0.3 is 0 Å². The number of rotatable bonds is 2. The van der Waals surface area contributed by atoms with E-state index in [1.807, 2.05) is 42.1 Å². The summed E-state index contributed by atoms with van der Waals surface area (Å²) in [7, 11) is 1.96. The molecule has 1 aromatic heterocycles. The van der Waals surface area contributed by atoms with Gasteiger partial charge in [-0.2, -0.15) is 5.26 Å². The van der Waals surface area contributed by atoms with Crippen LogP contribution in [0.2, 0.25) is 0 Å². The molecule has 0 aliphatic heterocycles. The van der Waals surface area contributed by atoms with Gasteiger partial charge in [0.1, 0.15) is 0 Å². The van der Waals surface area contributed by atoms with Crippen LogP contribution in [0.5, 0.6) is 0 Å². The quantitative estimate of drug-likeness (QED) is 0.695. The first kappa shape index (κ1) is 9.47. The molecule has 0 unspecified atom stereocenters. The Morgan fingerprint density at radius 1 is 1.47 bits per heavy atom. The van der Waals surface area contributed by atoms with Crippen molar-refractivity contribution in [1.82, 2.24) is 4.57 Å². The first-order valence-electron chi connectivity index (χ1n) is 4.67. The molecular weight excluding hydrogens is 188 g/mol. The van der Waals surface area contributed by atoms with Gasteiger partial charge in [-0.1, -0.05) is 0 Å². The molecule has 0 saturated carbocycles. The smallest absolute Gasteiger partial charge is 0.176 e. The molecule has 0 fully saturated rings. The van der Waals surface area contributed by atoms with Gasteiger partial charge in [-0.05, 0) is 24.3 Å². The zero-order chi connectivity index (χ0) is 10.8. The second-order valence-corrected chi connectivity index (χ2v) is 3.46. The number of benzene rings is 1. The predicted octanol–water partition coefficient (Wildman–Crippen LogP) is 2.27. The zero-order valence-electron chi connectivity index (χ0n) is 8.40. The minimum absolute atomic E-state index is 0.0572. The van der Waals surface area contributed by atoms with Crippen molar-refractivity contribution in [2.24, 2.45) is 7.05 Å². The Morgan fingerprint density at radius 3 is 3.00 bits per heavy atom. The molecule has 74 valence electrons. The number of hydrogen-bond donors (Lipinski definition) is 0. The lowest BCUT2D eigenvalue weighted by Crippen LogP contribution is -1.96. The van der Waals surface area contributed by atoms with E-state index in [9.17, 15) is 4.79 Å². The molecule has 0 amide bonds. The van der Waals surface area contributed by atoms with Gasteiger partial charge in [0.05, 0.1) is 12.5 Å². The lowest BCUT2D eigenvalue weighted by molar-refractivity contribution is 0.0998. The van der Waals surface area contributed by atoms with Crippen molar-refractivity contribution in [1.29, 1.82) is 5.26 Å². The van der Waals surface area contributed by atoms with Crippen molar-refractivity contribution in [2.45, 2.75) is 6.42 Å². The van der Waals surface area contributed by atoms with Crippen LogP contribution in [0.15, 0.2) is 30.5 Å². The van der Waals surface area contributed by atoms with Crippen LogP contribution in [-0.4, -0.2) is 10.4 Å². The minimum Gasteiger partial charge on any atom is -0.351 e. The van der Waals surface area contributed by atoms with E-state index in [0.717, 1.165) is 10.9 Å². The standard InChI is InChI=1S/C12H10N2O/c1-14-7-5-9-8-10(2-3-11(9)14)12(15)4-6-13/h2-3,5,7-8H,4H2,1H3. The molecule has 2 aromatic rings. The summed E-state index contributed by atoms with van der Waals surface area (Å²) in [6, 6.07) is 9.32. The molecule has 0 radical (unpaired) electrons. The van der Waals surface area contributed by atoms with Gasteiger partial charge in [0.25, 0.3) is 0 Å². The van der Waals surface area contributed by atoms with Gasteiger partial charge in [0.2, 0.25) is 0 Å². The highest BCUT2D eigenvalue weighted by Gasteiger charge is 2.06. The third-order valence-electron chi connectivity index (χ3n) is 2.45. The summed E-state index contributed by atoms with van der Waals surface area (Å²) in [6.07, 6.45) is 1.89. The summed E-state index contributed by atoms with van der Waals surface area (Å²) in [4.78, 5) is 11.5. The first-order valence-corrected chi connectivity index (χ1v) is 4.67. The van der Waals surface area contributed by atoms with E-state index in [1.54, 1.807) is 6.07 Å². The zero-order valence-corrected chi connectivity index (χ0v) is 8.40. The Labute approximate surface area is 87.5 Å². The number of Topliss-reactive ketones (excluding diaryl/α,β-unsaturated/α-hetero) is 1. The van der Waals surface area contributed by atoms with Gasteiger partial charge in [-0.25, -0.2) is 0 Å². The summed E-state index contributed by atoms with van der Waals surface area (Å²) < 4.78 is 1.99. The second-order valence-electron chi connectivity index (χ2n) is 3.46. The minimum atomic E-state index is -0.122. The van der Waals surface area contributed by atoms with Gasteiger partial charge in [0.15, 0.2) is 5.78 Å². The van der Waals surface area contributed by atoms with Crippen LogP contribution in [0.1, 0.15) is 16.8 Å². The number of aryl methyl sites for hydroxylation is 1. The van der Waals surface area contributed by atoms with Crippen molar-refractivity contribution in [3.8, 4) is 6.07 Å². The fourth-order valence-corrected chi connectivity index (χ4v) is 1.63. The van der Waals surface area contributed by atoms with Gasteiger partial charge < -0.3 is 4.57 Å². The van der Waals surface area contributed by atoms with Gasteiger partial charge in [-0.15, -0.1) is 0 Å². The third kappa shape index (κ3) is 1.62. The maximum Gasteiger partial charge on any atom is 0.176 e. The number of carbonyl (C=O) groups is 1. The summed E-state index contributed by atoms with van der Waals surface area (Å²) in [5.74, 6) is -0.122. The molecule has 1 aromatic carbocycles. The lowest BCUT2D eigenvalue weighted by Gasteiger charge is -1.99. The van der Waals surface area contributed by atoms with Crippen LogP contribution in [0.25, 0.3) is 10.9 Å². The Morgan fingerprint density at radius 2 is 2.27 bits per heavy atom. The number of nitriles is 1. The average Bonchev–Trinajstić information content (AvgIpc) is 2.60. The van der Waals surface area contributed by atoms with Crippen LogP contribution in [0, 0.1) is 11.3 Å². The van der Waals surface area contributed by atoms with Gasteiger partial charge in [-0.3, -0.25) is 4.79 Å². The fraction of sp³-hybridized carbons (Fsp3) is 0.167. The highest BCUT2D eigenvalue weighted by Crippen LogP contribution is 2.17. The maximum absolute atomic E-state index is 11.5. The SMILES string of the molecule is Cn1ccc2cc(C(=O)CC#N)ccc21. The van der Waals surface area contributed by atoms with E-state index < -0.39 is 0 Å². The number of aromatic nitrogens is 1. The van der Waals surface area contributed by atoms with Gasteiger partial charge in [0, 0.05) is 29.7 Å². The molecule has 1 heterocycles. The summed E-state index contributed by atoms with van der Waals surface area (Å²) >= 11 is 0. The van der Waals surface area contributed by atoms with E-state index in [1.165, 1.54) is 0 Å². The molecule has 2 rings (SSSR count). The highest BCUT2D eigenvalue weighted by atomic mass is 16.1. The molecule has 15 heavy (non-hydrogen) atoms. The van der Waals surface area contributed by atoms with E-state index in [4.69, 9.17) is 5.26 Å². The monoisotopic (exact) mass is 198 g/mol. The molecule has 0 spiro atoms. The molecule has 0 aliphatic carbocycles. The van der Waals surface area contributed by atoms with E-state index in [2.05, 4.69) is 0 Å². The van der Waals surface area contributed by atoms with Crippen LogP contribution >= 0.6 is 0 Å². The van der Waals surface area contributed by atoms with Crippen molar-refractivity contribution in [2.75, 3.05) is 0 Å². The van der Waals surface area contributed by atoms with Crippen molar-refractivity contribution < 1.29 is 4.79 Å². The topological polar surface area (TPSA) is 45.8 Å². The number of ketones is 1. The third-order valence-corrected chi connectivity index (χ3v) is 2.45. The molecule has 0 bridgehead atoms. The largest absolute Gasteiger partial charge is 0.351 e. The summed E-state index contributed by atoms with van der Waals surface area (Å²) in [5.41, 5.74) is 1.69. The number of nitrogens with zero attached hydrogens (tertiary/aromatic N) is 2. The molecule has 3 nitrogen and oxygen atoms in total. The predicted molar refractivity (Wildman–Crippen MR) is 57.5 cm³/mol. The number of fused-ring (bicyclic) bond motifs is 1. The summed E-state index contributed by atoms with van der Waals surface area (Å²) in [6.45, 7) is 0. The highest BCUT2D eigenvalue weighted by molar-refractivity contribution is 6.00. The second kappa shape index (κ2) is 3.58. The molecule has 0 atom stereocenters. The van der Waals surface area contributed by atoms with E-state index >= 15 is 0 Å². The molecule has 0 aliphatic rings. The van der Waals surface area contributed by atoms with E-state index in [-0.39, 0.29) is 12.2 Å². The Balaban J connectivity index is 2.48. The van der Waals surface area contributed by atoms with Crippen LogP contribution < -0.4 is 0 Å². The summed E-state index contributed by atoms with van der Waals surface area (Å²) in [5, 5.41) is 9.47. The van der Waals surface area contributed by atoms with Crippen molar-refractivity contribution >= 4 is 16.7 Å². The fourth-order valence-electron chi connectivity index (χ4n) is 1.63. The lowest BCUT2D eigenvalue weighted by atomic mass is 10.1. The Bertz CT molecular complexity index is 560. The van der Waals surface area contributed by atoms with Crippen LogP contribution in [0.3, 0.4) is 0 Å². The van der Waals surface area contributed by atoms with Crippen LogP contribution in [0.4, 0.5) is 0 Å². The number of hydrogen-bond acceptors (Lipinski definition) is 2. The molecule has 3 heteroatoms. The van der Waals surface area contributed by atoms with E-state index in [0.29, 0.717) is 5.56 Å². The molecular formula is C12H10N2O. The molecule has 0 saturated heterocycles. The first-order chi connectivity index (χ1) is 7.22. The van der Waals surface area contributed by atoms with Crippen molar-refractivity contribution in [3.05, 3.63) is 36.0 Å². The van der Waals surface area contributed by atoms with Crippen molar-refractivity contribution in [3.63, 3.8) is 0 Å². The number of carbonyl (C=O) groups excluding carboxylic acids is 1. The van der Waals surface area contributed by atoms with Crippen LogP contribution in [-0.2, 0) is 7.05 Å². The normalized spacial score (nSPS) is 10.1. The Hall–Kier alpha value is -2.08. The maximum atomic E-state index is 11.5.